The molecule has 0 saturated carbocycles. The first-order chi connectivity index (χ1) is 11.8. The molecule has 0 aromatic rings. The molecule has 0 amide bonds. The molecule has 0 aliphatic rings. The van der Waals surface area contributed by atoms with Gasteiger partial charge in [-0.2, -0.15) is 52.7 Å². The number of carbonyl (C=O) groups is 4. The molecule has 21 heteroatoms. The summed E-state index contributed by atoms with van der Waals surface area (Å²) < 4.78 is 126. The Morgan fingerprint density at radius 2 is 0.414 bits per heavy atom. The summed E-state index contributed by atoms with van der Waals surface area (Å²) in [7, 11) is 0. The molecule has 0 aromatic heterocycles. The van der Waals surface area contributed by atoms with Crippen LogP contribution >= 0.6 is 0 Å². The number of carbonyl (C=O) groups excluding carboxylic acids is 4. The van der Waals surface area contributed by atoms with Gasteiger partial charge in [0, 0.05) is 0 Å². The Kier molecular flexibility index (Phi) is 18.9. The van der Waals surface area contributed by atoms with E-state index in [9.17, 15) is 52.7 Å². The zero-order valence-corrected chi connectivity index (χ0v) is 15.4. The van der Waals surface area contributed by atoms with Crippen LogP contribution in [0.4, 0.5) is 52.7 Å². The maximum absolute atomic E-state index is 10.5. The molecule has 0 radical (unpaired) electrons. The minimum Gasteiger partial charge on any atom is -0.542 e. The van der Waals surface area contributed by atoms with Crippen molar-refractivity contribution in [3.63, 3.8) is 0 Å². The molecule has 8 nitrogen and oxygen atoms in total. The molecule has 0 unspecified atom stereocenters. The van der Waals surface area contributed by atoms with Gasteiger partial charge in [-0.1, -0.05) is 0 Å². The fourth-order valence-corrected chi connectivity index (χ4v) is 0. The van der Waals surface area contributed by atoms with E-state index in [0.717, 1.165) is 0 Å². The van der Waals surface area contributed by atoms with Gasteiger partial charge in [0.25, 0.3) is 0 Å². The number of hydrogen-bond acceptors (Lipinski definition) is 8. The second-order valence-corrected chi connectivity index (χ2v) is 3.14. The second kappa shape index (κ2) is 14.4. The molecule has 0 rings (SSSR count). The summed E-state index contributed by atoms with van der Waals surface area (Å²) in [5.41, 5.74) is 0. The number of aliphatic carboxylic acids is 4. The van der Waals surface area contributed by atoms with Crippen molar-refractivity contribution in [2.75, 3.05) is 0 Å². The summed E-state index contributed by atoms with van der Waals surface area (Å²) in [5, 5.41) is 35.1. The summed E-state index contributed by atoms with van der Waals surface area (Å²) in [6.45, 7) is 0. The van der Waals surface area contributed by atoms with E-state index in [0.29, 0.717) is 0 Å². The van der Waals surface area contributed by atoms with Gasteiger partial charge in [0.1, 0.15) is 23.9 Å². The molecule has 0 spiro atoms. The first kappa shape index (κ1) is 38.1. The Morgan fingerprint density at radius 3 is 0.414 bits per heavy atom. The van der Waals surface area contributed by atoms with Crippen LogP contribution in [0.3, 0.4) is 0 Å². The molecule has 0 atom stereocenters. The molecule has 0 saturated heterocycles. The van der Waals surface area contributed by atoms with Crippen molar-refractivity contribution in [1.29, 1.82) is 0 Å². The molecule has 0 aliphatic carbocycles. The molecular weight excluding hydrogens is 592 g/mol. The third-order valence-corrected chi connectivity index (χ3v) is 0.926. The molecule has 0 aliphatic heterocycles. The van der Waals surface area contributed by atoms with Crippen molar-refractivity contribution >= 4 is 23.9 Å². The number of halogens is 12. The quantitative estimate of drug-likeness (QED) is 0.273. The van der Waals surface area contributed by atoms with E-state index in [-0.39, 0.29) is 41.7 Å². The third-order valence-electron chi connectivity index (χ3n) is 0.926. The first-order valence-electron chi connectivity index (χ1n) is 4.90. The van der Waals surface area contributed by atoms with Crippen LogP contribution in [0.1, 0.15) is 0 Å². The number of rotatable bonds is 0. The van der Waals surface area contributed by atoms with Gasteiger partial charge in [-0.25, -0.2) is 0 Å². The van der Waals surface area contributed by atoms with Crippen LogP contribution in [-0.2, 0) is 19.2 Å². The normalized spacial score (nSPS) is 10.9. The second-order valence-electron chi connectivity index (χ2n) is 3.14. The number of hydrogen-bond donors (Lipinski definition) is 0. The smallest absolute Gasteiger partial charge is 0.542 e. The summed E-state index contributed by atoms with van der Waals surface area (Å²) in [4.78, 5) is 35.1. The van der Waals surface area contributed by atoms with Crippen molar-refractivity contribution in [2.24, 2.45) is 0 Å². The zero-order valence-electron chi connectivity index (χ0n) is 12.3. The van der Waals surface area contributed by atoms with E-state index in [4.69, 9.17) is 39.6 Å². The number of alkyl halides is 12. The Balaban J connectivity index is -0.0000000873. The van der Waals surface area contributed by atoms with Crippen molar-refractivity contribution in [3.8, 4) is 0 Å². The maximum atomic E-state index is 10.5. The summed E-state index contributed by atoms with van der Waals surface area (Å²) in [6.07, 6.45) is -20.8. The summed E-state index contributed by atoms with van der Waals surface area (Å²) >= 11 is 0. The van der Waals surface area contributed by atoms with Crippen LogP contribution < -0.4 is 20.4 Å². The zero-order chi connectivity index (χ0) is 24.3. The molecular formula is C8CeF12O8. The van der Waals surface area contributed by atoms with Crippen LogP contribution in [-0.4, -0.2) is 48.6 Å². The minimum atomic E-state index is -5.19. The van der Waals surface area contributed by atoms with Gasteiger partial charge in [-0.3, -0.25) is 0 Å². The van der Waals surface area contributed by atoms with Crippen LogP contribution in [0.2, 0.25) is 0 Å². The average molecular weight is 592 g/mol. The largest absolute Gasteiger partial charge is 4.00 e. The van der Waals surface area contributed by atoms with Crippen LogP contribution in [0.25, 0.3) is 0 Å². The van der Waals surface area contributed by atoms with E-state index in [1.807, 2.05) is 0 Å². The van der Waals surface area contributed by atoms with Gasteiger partial charge >= 0.3 is 66.5 Å². The van der Waals surface area contributed by atoms with E-state index < -0.39 is 48.6 Å². The van der Waals surface area contributed by atoms with Crippen LogP contribution in [0.5, 0.6) is 0 Å². The first-order valence-corrected chi connectivity index (χ1v) is 4.90. The van der Waals surface area contributed by atoms with Crippen molar-refractivity contribution in [1.82, 2.24) is 0 Å². The molecule has 29 heavy (non-hydrogen) atoms. The molecule has 0 bridgehead atoms. The molecule has 0 N–H and O–H groups in total. The molecule has 0 fully saturated rings. The predicted octanol–water partition coefficient (Wildman–Crippen LogP) is -2.81. The van der Waals surface area contributed by atoms with E-state index >= 15 is 0 Å². The minimum absolute atomic E-state index is 0. The molecule has 0 heterocycles. The Morgan fingerprint density at radius 1 is 0.379 bits per heavy atom. The predicted molar refractivity (Wildman–Crippen MR) is 44.2 cm³/mol. The van der Waals surface area contributed by atoms with E-state index in [1.54, 1.807) is 0 Å². The van der Waals surface area contributed by atoms with Crippen molar-refractivity contribution in [3.05, 3.63) is 0 Å². The van der Waals surface area contributed by atoms with Gasteiger partial charge in [-0.05, 0) is 0 Å². The van der Waals surface area contributed by atoms with E-state index in [2.05, 4.69) is 0 Å². The fraction of sp³-hybridized carbons (Fsp3) is 0.500. The molecule has 0 aromatic carbocycles. The summed E-state index contributed by atoms with van der Waals surface area (Å²) in [5.74, 6) is -12.0. The Labute approximate surface area is 182 Å². The van der Waals surface area contributed by atoms with Crippen LogP contribution in [0.15, 0.2) is 0 Å². The topological polar surface area (TPSA) is 161 Å². The van der Waals surface area contributed by atoms with Gasteiger partial charge in [0.2, 0.25) is 0 Å². The molecule has 168 valence electrons. The summed E-state index contributed by atoms with van der Waals surface area (Å²) in [6, 6.07) is 0. The standard InChI is InChI=1S/4C2HF3O2.Ce/c4*3-2(4,5)1(6)7;/h4*(H,6,7);/q;;;;+4/p-4. The Hall–Kier alpha value is -1.58. The maximum Gasteiger partial charge on any atom is 4.00 e. The number of carboxylic acids is 4. The Bertz CT molecular complexity index is 436. The average Bonchev–Trinajstić information content (AvgIpc) is 2.35. The van der Waals surface area contributed by atoms with Gasteiger partial charge in [0.05, 0.1) is 0 Å². The van der Waals surface area contributed by atoms with Gasteiger partial charge < -0.3 is 39.6 Å². The van der Waals surface area contributed by atoms with E-state index in [1.165, 1.54) is 0 Å². The fourth-order valence-electron chi connectivity index (χ4n) is 0. The van der Waals surface area contributed by atoms with Crippen molar-refractivity contribution in [2.45, 2.75) is 24.7 Å². The van der Waals surface area contributed by atoms with Gasteiger partial charge in [-0.15, -0.1) is 0 Å². The number of carboxylic acid groups (broad SMARTS) is 4. The SMILES string of the molecule is O=C([O-])C(F)(F)F.O=C([O-])C(F)(F)F.O=C([O-])C(F)(F)F.O=C([O-])C(F)(F)F.[Ce+4]. The monoisotopic (exact) mass is 592 g/mol. The van der Waals surface area contributed by atoms with Gasteiger partial charge in [0.15, 0.2) is 0 Å². The van der Waals surface area contributed by atoms with Crippen LogP contribution in [0, 0.1) is 41.7 Å². The van der Waals surface area contributed by atoms with Crippen molar-refractivity contribution < 1.29 is 134 Å². The third kappa shape index (κ3) is 31.3.